The number of amides is 1. The van der Waals surface area contributed by atoms with Crippen LogP contribution in [0, 0.1) is 0 Å². The van der Waals surface area contributed by atoms with Crippen molar-refractivity contribution in [1.82, 2.24) is 4.98 Å². The first-order valence-corrected chi connectivity index (χ1v) is 7.22. The van der Waals surface area contributed by atoms with Crippen LogP contribution < -0.4 is 10.2 Å². The molecule has 2 aromatic rings. The molecule has 1 aromatic heterocycles. The van der Waals surface area contributed by atoms with Gasteiger partial charge in [0.05, 0.1) is 0 Å². The van der Waals surface area contributed by atoms with E-state index >= 15 is 0 Å². The minimum atomic E-state index is -0.0869. The number of carbonyl (C=O) groups excluding carboxylic acids is 1. The second-order valence-corrected chi connectivity index (χ2v) is 5.09. The summed E-state index contributed by atoms with van der Waals surface area (Å²) in [5, 5.41) is 3.21. The van der Waals surface area contributed by atoms with Gasteiger partial charge in [0.15, 0.2) is 0 Å². The standard InChI is InChI=1S/C17H21N3O/c1-4-20(14-9-6-5-7-10-14)17(21)15-11-8-12-16(19-15)18-13(2)3/h5-13H,4H2,1-3H3,(H,18,19). The second kappa shape index (κ2) is 6.88. The molecule has 1 N–H and O–H groups in total. The molecule has 1 amide bonds. The predicted molar refractivity (Wildman–Crippen MR) is 86.8 cm³/mol. The first kappa shape index (κ1) is 15.0. The summed E-state index contributed by atoms with van der Waals surface area (Å²) in [6.07, 6.45) is 0. The summed E-state index contributed by atoms with van der Waals surface area (Å²) in [7, 11) is 0. The van der Waals surface area contributed by atoms with Gasteiger partial charge in [0.1, 0.15) is 11.5 Å². The molecule has 0 bridgehead atoms. The fourth-order valence-electron chi connectivity index (χ4n) is 2.12. The number of anilines is 2. The molecule has 0 fully saturated rings. The molecule has 0 saturated carbocycles. The lowest BCUT2D eigenvalue weighted by Gasteiger charge is -2.21. The van der Waals surface area contributed by atoms with Crippen LogP contribution in [0.1, 0.15) is 31.3 Å². The van der Waals surface area contributed by atoms with Gasteiger partial charge in [-0.1, -0.05) is 24.3 Å². The van der Waals surface area contributed by atoms with Crippen molar-refractivity contribution in [3.63, 3.8) is 0 Å². The molecule has 4 nitrogen and oxygen atoms in total. The van der Waals surface area contributed by atoms with Crippen molar-refractivity contribution in [3.8, 4) is 0 Å². The van der Waals surface area contributed by atoms with Crippen LogP contribution in [-0.4, -0.2) is 23.5 Å². The average Bonchev–Trinajstić information content (AvgIpc) is 2.48. The predicted octanol–water partition coefficient (Wildman–Crippen LogP) is 3.57. The number of para-hydroxylation sites is 1. The molecule has 21 heavy (non-hydrogen) atoms. The zero-order valence-electron chi connectivity index (χ0n) is 12.7. The zero-order valence-corrected chi connectivity index (χ0v) is 12.7. The third-order valence-corrected chi connectivity index (χ3v) is 3.03. The lowest BCUT2D eigenvalue weighted by atomic mass is 10.2. The first-order chi connectivity index (χ1) is 10.1. The van der Waals surface area contributed by atoms with E-state index in [1.165, 1.54) is 0 Å². The summed E-state index contributed by atoms with van der Waals surface area (Å²) in [6.45, 7) is 6.64. The summed E-state index contributed by atoms with van der Waals surface area (Å²) in [5.41, 5.74) is 1.33. The van der Waals surface area contributed by atoms with Crippen molar-refractivity contribution in [1.29, 1.82) is 0 Å². The quantitative estimate of drug-likeness (QED) is 0.912. The SMILES string of the molecule is CCN(C(=O)c1cccc(NC(C)C)n1)c1ccccc1. The maximum Gasteiger partial charge on any atom is 0.276 e. The molecule has 4 heteroatoms. The summed E-state index contributed by atoms with van der Waals surface area (Å²) in [4.78, 5) is 18.8. The summed E-state index contributed by atoms with van der Waals surface area (Å²) in [5.74, 6) is 0.635. The molecule has 0 spiro atoms. The molecule has 1 aromatic carbocycles. The van der Waals surface area contributed by atoms with Gasteiger partial charge >= 0.3 is 0 Å². The average molecular weight is 283 g/mol. The van der Waals surface area contributed by atoms with E-state index in [1.807, 2.05) is 63.2 Å². The Morgan fingerprint density at radius 3 is 2.48 bits per heavy atom. The Bertz CT molecular complexity index is 596. The van der Waals surface area contributed by atoms with Crippen molar-refractivity contribution in [2.24, 2.45) is 0 Å². The maximum absolute atomic E-state index is 12.7. The first-order valence-electron chi connectivity index (χ1n) is 7.22. The third-order valence-electron chi connectivity index (χ3n) is 3.03. The fourth-order valence-corrected chi connectivity index (χ4v) is 2.12. The lowest BCUT2D eigenvalue weighted by Crippen LogP contribution is -2.31. The smallest absolute Gasteiger partial charge is 0.276 e. The van der Waals surface area contributed by atoms with Crippen molar-refractivity contribution >= 4 is 17.4 Å². The second-order valence-electron chi connectivity index (χ2n) is 5.09. The van der Waals surface area contributed by atoms with E-state index in [1.54, 1.807) is 11.0 Å². The molecule has 0 aliphatic carbocycles. The highest BCUT2D eigenvalue weighted by molar-refractivity contribution is 6.04. The van der Waals surface area contributed by atoms with Crippen LogP contribution in [0.25, 0.3) is 0 Å². The number of carbonyl (C=O) groups is 1. The van der Waals surface area contributed by atoms with E-state index in [0.29, 0.717) is 12.2 Å². The Kier molecular flexibility index (Phi) is 4.93. The van der Waals surface area contributed by atoms with E-state index in [9.17, 15) is 4.79 Å². The summed E-state index contributed by atoms with van der Waals surface area (Å²) < 4.78 is 0. The third kappa shape index (κ3) is 3.81. The highest BCUT2D eigenvalue weighted by Crippen LogP contribution is 2.16. The van der Waals surface area contributed by atoms with E-state index in [-0.39, 0.29) is 11.9 Å². The largest absolute Gasteiger partial charge is 0.368 e. The number of pyridine rings is 1. The van der Waals surface area contributed by atoms with Crippen molar-refractivity contribution in [3.05, 3.63) is 54.2 Å². The number of aromatic nitrogens is 1. The molecule has 0 unspecified atom stereocenters. The molecule has 2 rings (SSSR count). The number of rotatable bonds is 5. The van der Waals surface area contributed by atoms with Crippen LogP contribution in [0.5, 0.6) is 0 Å². The monoisotopic (exact) mass is 283 g/mol. The molecule has 0 aliphatic rings. The fraction of sp³-hybridized carbons (Fsp3) is 0.294. The minimum absolute atomic E-state index is 0.0869. The van der Waals surface area contributed by atoms with E-state index < -0.39 is 0 Å². The van der Waals surface area contributed by atoms with Gasteiger partial charge in [-0.15, -0.1) is 0 Å². The van der Waals surface area contributed by atoms with Gasteiger partial charge in [-0.05, 0) is 45.0 Å². The summed E-state index contributed by atoms with van der Waals surface area (Å²) >= 11 is 0. The van der Waals surface area contributed by atoms with Crippen molar-refractivity contribution in [2.75, 3.05) is 16.8 Å². The number of hydrogen-bond donors (Lipinski definition) is 1. The van der Waals surface area contributed by atoms with Crippen molar-refractivity contribution < 1.29 is 4.79 Å². The number of nitrogens with zero attached hydrogens (tertiary/aromatic N) is 2. The van der Waals surface area contributed by atoms with Crippen LogP contribution in [-0.2, 0) is 0 Å². The number of nitrogens with one attached hydrogen (secondary N) is 1. The van der Waals surface area contributed by atoms with Gasteiger partial charge in [0.25, 0.3) is 5.91 Å². The Labute approximate surface area is 125 Å². The lowest BCUT2D eigenvalue weighted by molar-refractivity contribution is 0.0983. The molecule has 0 radical (unpaired) electrons. The maximum atomic E-state index is 12.7. The molecular weight excluding hydrogens is 262 g/mol. The number of hydrogen-bond acceptors (Lipinski definition) is 3. The van der Waals surface area contributed by atoms with E-state index in [0.717, 1.165) is 11.5 Å². The Morgan fingerprint density at radius 2 is 1.86 bits per heavy atom. The van der Waals surface area contributed by atoms with Crippen LogP contribution in [0.4, 0.5) is 11.5 Å². The van der Waals surface area contributed by atoms with Gasteiger partial charge < -0.3 is 10.2 Å². The Hall–Kier alpha value is -2.36. The molecule has 1 heterocycles. The molecule has 110 valence electrons. The molecular formula is C17H21N3O. The van der Waals surface area contributed by atoms with E-state index in [2.05, 4.69) is 10.3 Å². The zero-order chi connectivity index (χ0) is 15.2. The minimum Gasteiger partial charge on any atom is -0.368 e. The van der Waals surface area contributed by atoms with Gasteiger partial charge in [0, 0.05) is 18.3 Å². The van der Waals surface area contributed by atoms with Crippen LogP contribution in [0.15, 0.2) is 48.5 Å². The Morgan fingerprint density at radius 1 is 1.14 bits per heavy atom. The number of benzene rings is 1. The normalized spacial score (nSPS) is 10.5. The molecule has 0 atom stereocenters. The van der Waals surface area contributed by atoms with Crippen LogP contribution in [0.3, 0.4) is 0 Å². The highest BCUT2D eigenvalue weighted by atomic mass is 16.2. The van der Waals surface area contributed by atoms with Crippen LogP contribution in [0.2, 0.25) is 0 Å². The Balaban J connectivity index is 2.26. The van der Waals surface area contributed by atoms with Gasteiger partial charge in [-0.3, -0.25) is 4.79 Å². The van der Waals surface area contributed by atoms with Crippen molar-refractivity contribution in [2.45, 2.75) is 26.8 Å². The summed E-state index contributed by atoms with van der Waals surface area (Å²) in [6, 6.07) is 15.4. The van der Waals surface area contributed by atoms with E-state index in [4.69, 9.17) is 0 Å². The highest BCUT2D eigenvalue weighted by Gasteiger charge is 2.17. The topological polar surface area (TPSA) is 45.2 Å². The molecule has 0 aliphatic heterocycles. The molecule has 0 saturated heterocycles. The van der Waals surface area contributed by atoms with Gasteiger partial charge in [0.2, 0.25) is 0 Å². The van der Waals surface area contributed by atoms with Gasteiger partial charge in [-0.25, -0.2) is 4.98 Å². The van der Waals surface area contributed by atoms with Gasteiger partial charge in [-0.2, -0.15) is 0 Å². The van der Waals surface area contributed by atoms with Crippen LogP contribution >= 0.6 is 0 Å².